The van der Waals surface area contributed by atoms with Crippen molar-refractivity contribution in [2.75, 3.05) is 12.3 Å². The van der Waals surface area contributed by atoms with E-state index in [-0.39, 0.29) is 0 Å². The normalized spacial score (nSPS) is 26.0. The number of hydrogen-bond donors (Lipinski definition) is 0. The minimum Gasteiger partial charge on any atom is -0.0530 e. The maximum absolute atomic E-state index is 4.63. The summed E-state index contributed by atoms with van der Waals surface area (Å²) in [6.45, 7) is 0. The average molecular weight is 625 g/mol. The quantitative estimate of drug-likeness (QED) is 0.168. The van der Waals surface area contributed by atoms with Gasteiger partial charge in [-0.3, -0.25) is 0 Å². The zero-order valence-corrected chi connectivity index (χ0v) is 26.6. The van der Waals surface area contributed by atoms with Crippen molar-refractivity contribution in [2.24, 2.45) is 0 Å². The Hall–Kier alpha value is 1.82. The molecule has 0 amide bonds. The fraction of sp³-hybridized carbons (Fsp3) is 1.00. The van der Waals surface area contributed by atoms with Crippen LogP contribution in [0.3, 0.4) is 0 Å². The van der Waals surface area contributed by atoms with Gasteiger partial charge in [0.05, 0.1) is 46.9 Å². The number of hydrogen-bond acceptors (Lipinski definition) is 0. The smallest absolute Gasteiger partial charge is 0.0530 e. The Morgan fingerprint density at radius 2 is 0.606 bits per heavy atom. The highest BCUT2D eigenvalue weighted by Gasteiger charge is 2.52. The van der Waals surface area contributed by atoms with Gasteiger partial charge in [0, 0.05) is 0 Å². The molecule has 0 atom stereocenters. The van der Waals surface area contributed by atoms with Crippen LogP contribution in [0.1, 0.15) is 148 Å². The third kappa shape index (κ3) is 7.44. The van der Waals surface area contributed by atoms with Crippen LogP contribution in [0, 0.1) is 0 Å². The lowest BCUT2D eigenvalue weighted by Gasteiger charge is -2.39. The molecule has 4 aliphatic carbocycles. The third-order valence-electron chi connectivity index (χ3n) is 10.2. The summed E-state index contributed by atoms with van der Waals surface area (Å²) in [6.07, 6.45) is 38.3. The first-order valence-electron chi connectivity index (χ1n) is 15.3. The van der Waals surface area contributed by atoms with Gasteiger partial charge < -0.3 is 0 Å². The van der Waals surface area contributed by atoms with Gasteiger partial charge in [0.1, 0.15) is 31.0 Å². The van der Waals surface area contributed by atoms with E-state index in [1.165, 1.54) is 96.3 Å². The van der Waals surface area contributed by atoms with E-state index < -0.39 is 11.9 Å². The molecule has 4 rings (SSSR count). The highest BCUT2D eigenvalue weighted by atomic mass is 79.9. The molecule has 0 bridgehead atoms. The van der Waals surface area contributed by atoms with Crippen LogP contribution in [0.2, 0.25) is 0 Å². The Morgan fingerprint density at radius 1 is 0.364 bits per heavy atom. The monoisotopic (exact) mass is 622 g/mol. The molecular weight excluding hydrogens is 570 g/mol. The Kier molecular flexibility index (Phi) is 11.9. The molecule has 4 saturated carbocycles. The molecule has 0 unspecified atom stereocenters. The van der Waals surface area contributed by atoms with Crippen LogP contribution in [-0.4, -0.2) is 35.0 Å². The van der Waals surface area contributed by atoms with Crippen molar-refractivity contribution in [1.29, 1.82) is 0 Å². The van der Waals surface area contributed by atoms with E-state index >= 15 is 0 Å². The molecule has 0 heterocycles. The standard InChI is InChI=1S/C29H54Br2P2/c30-32(26-16-6-1-7-17-26,27-18-8-2-9-19-27)24-14-5-15-25-33(31,28-20-10-3-11-21-28)29-22-12-4-13-23-29/h26-29H,1-25H2/q+2. The topological polar surface area (TPSA) is 0 Å². The Bertz CT molecular complexity index is 460. The molecule has 4 fully saturated rings. The molecule has 0 aliphatic heterocycles. The molecule has 0 spiro atoms. The number of unbranched alkanes of at least 4 members (excludes halogenated alkanes) is 2. The number of rotatable bonds is 10. The van der Waals surface area contributed by atoms with Gasteiger partial charge >= 0.3 is 0 Å². The summed E-state index contributed by atoms with van der Waals surface area (Å²) in [6, 6.07) is 0. The van der Waals surface area contributed by atoms with Crippen molar-refractivity contribution in [2.45, 2.75) is 170 Å². The van der Waals surface area contributed by atoms with Crippen molar-refractivity contribution in [3.8, 4) is 0 Å². The van der Waals surface area contributed by atoms with E-state index in [9.17, 15) is 0 Å². The van der Waals surface area contributed by atoms with E-state index in [4.69, 9.17) is 0 Å². The fourth-order valence-corrected chi connectivity index (χ4v) is 23.6. The molecule has 0 nitrogen and oxygen atoms in total. The van der Waals surface area contributed by atoms with Crippen LogP contribution in [0.15, 0.2) is 0 Å². The highest BCUT2D eigenvalue weighted by Crippen LogP contribution is 2.79. The van der Waals surface area contributed by atoms with Crippen LogP contribution in [-0.2, 0) is 0 Å². The van der Waals surface area contributed by atoms with E-state index in [2.05, 4.69) is 31.0 Å². The number of halogens is 2. The second-order valence-electron chi connectivity index (χ2n) is 12.3. The van der Waals surface area contributed by atoms with Gasteiger partial charge in [0.2, 0.25) is 0 Å². The lowest BCUT2D eigenvalue weighted by atomic mass is 9.99. The van der Waals surface area contributed by atoms with Crippen molar-refractivity contribution in [3.63, 3.8) is 0 Å². The zero-order valence-electron chi connectivity index (χ0n) is 21.6. The molecule has 0 N–H and O–H groups in total. The summed E-state index contributed by atoms with van der Waals surface area (Å²) in [4.78, 5) is 0. The predicted molar refractivity (Wildman–Crippen MR) is 163 cm³/mol. The van der Waals surface area contributed by atoms with Crippen LogP contribution < -0.4 is 0 Å². The minimum absolute atomic E-state index is 0.944. The van der Waals surface area contributed by atoms with Crippen LogP contribution in [0.5, 0.6) is 0 Å². The summed E-state index contributed by atoms with van der Waals surface area (Å²) in [5.74, 6) is -1.89. The molecule has 0 radical (unpaired) electrons. The van der Waals surface area contributed by atoms with Crippen molar-refractivity contribution < 1.29 is 0 Å². The molecule has 4 aliphatic rings. The SMILES string of the molecule is Br[P+](CCCCC[P+](Br)(C1CCCCC1)C1CCCCC1)(C1CCCCC1)C1CCCCC1. The van der Waals surface area contributed by atoms with E-state index in [1.807, 2.05) is 0 Å². The summed E-state index contributed by atoms with van der Waals surface area (Å²) >= 11 is 9.27. The Balaban J connectivity index is 1.31. The maximum Gasteiger partial charge on any atom is 0.139 e. The molecule has 33 heavy (non-hydrogen) atoms. The van der Waals surface area contributed by atoms with Crippen LogP contribution in [0.25, 0.3) is 0 Å². The highest BCUT2D eigenvalue weighted by molar-refractivity contribution is 9.42. The molecule has 0 saturated heterocycles. The first kappa shape index (κ1) is 27.8. The van der Waals surface area contributed by atoms with E-state index in [1.54, 1.807) is 63.7 Å². The summed E-state index contributed by atoms with van der Waals surface area (Å²) in [5, 5.41) is 0. The fourth-order valence-electron chi connectivity index (χ4n) is 8.25. The summed E-state index contributed by atoms with van der Waals surface area (Å²) < 4.78 is 0. The molecule has 0 aromatic carbocycles. The van der Waals surface area contributed by atoms with Gasteiger partial charge in [0.15, 0.2) is 0 Å². The van der Waals surface area contributed by atoms with E-state index in [0.29, 0.717) is 0 Å². The van der Waals surface area contributed by atoms with Crippen LogP contribution >= 0.6 is 42.9 Å². The van der Waals surface area contributed by atoms with Gasteiger partial charge in [-0.2, -0.15) is 0 Å². The molecule has 192 valence electrons. The predicted octanol–water partition coefficient (Wildman–Crippen LogP) is 12.1. The van der Waals surface area contributed by atoms with Gasteiger partial charge in [-0.15, -0.1) is 0 Å². The molecular formula is C29H54Br2P2+2. The Labute approximate surface area is 224 Å². The summed E-state index contributed by atoms with van der Waals surface area (Å²) in [7, 11) is 0. The largest absolute Gasteiger partial charge is 0.139 e. The average Bonchev–Trinajstić information content (AvgIpc) is 2.90. The van der Waals surface area contributed by atoms with Gasteiger partial charge in [-0.25, -0.2) is 0 Å². The lowest BCUT2D eigenvalue weighted by Crippen LogP contribution is -2.27. The zero-order chi connectivity index (χ0) is 23.0. The first-order chi connectivity index (χ1) is 16.1. The van der Waals surface area contributed by atoms with Crippen LogP contribution in [0.4, 0.5) is 0 Å². The first-order valence-corrected chi connectivity index (χ1v) is 23.5. The second kappa shape index (κ2) is 14.1. The van der Waals surface area contributed by atoms with E-state index in [0.717, 1.165) is 22.6 Å². The molecule has 4 heteroatoms. The van der Waals surface area contributed by atoms with Crippen molar-refractivity contribution in [1.82, 2.24) is 0 Å². The molecule has 0 aromatic rings. The maximum atomic E-state index is 4.63. The lowest BCUT2D eigenvalue weighted by molar-refractivity contribution is 0.481. The van der Waals surface area contributed by atoms with Gasteiger partial charge in [0.25, 0.3) is 0 Å². The van der Waals surface area contributed by atoms with Crippen molar-refractivity contribution >= 4 is 42.9 Å². The molecule has 0 aromatic heterocycles. The Morgan fingerprint density at radius 3 is 0.848 bits per heavy atom. The third-order valence-corrected chi connectivity index (χ3v) is 28.2. The van der Waals surface area contributed by atoms with Gasteiger partial charge in [-0.1, -0.05) is 25.7 Å². The van der Waals surface area contributed by atoms with Gasteiger partial charge in [-0.05, 0) is 122 Å². The second-order valence-corrected chi connectivity index (χ2v) is 27.4. The summed E-state index contributed by atoms with van der Waals surface area (Å²) in [5.41, 5.74) is 4.28. The minimum atomic E-state index is -0.944. The van der Waals surface area contributed by atoms with Crippen molar-refractivity contribution in [3.05, 3.63) is 0 Å².